The van der Waals surface area contributed by atoms with Crippen LogP contribution in [0, 0.1) is 5.89 Å². The van der Waals surface area contributed by atoms with Crippen molar-refractivity contribution in [2.24, 2.45) is 5.89 Å². The van der Waals surface area contributed by atoms with E-state index in [1.165, 1.54) is 11.8 Å². The molecule has 0 saturated carbocycles. The number of amides is 3. The van der Waals surface area contributed by atoms with Crippen molar-refractivity contribution in [3.8, 4) is 0 Å². The summed E-state index contributed by atoms with van der Waals surface area (Å²) in [4.78, 5) is 24.3. The zero-order chi connectivity index (χ0) is 13.5. The molecule has 7 heteroatoms. The summed E-state index contributed by atoms with van der Waals surface area (Å²) in [6.07, 6.45) is -2.17. The van der Waals surface area contributed by atoms with Gasteiger partial charge in [0.05, 0.1) is 18.6 Å². The number of rotatable bonds is 2. The molecule has 0 radical (unpaired) electrons. The van der Waals surface area contributed by atoms with E-state index in [1.807, 2.05) is 0 Å². The predicted octanol–water partition coefficient (Wildman–Crippen LogP) is -1.36. The smallest absolute Gasteiger partial charge is 0.326 e. The van der Waals surface area contributed by atoms with Gasteiger partial charge < -0.3 is 14.9 Å². The molecule has 17 heavy (non-hydrogen) atoms. The van der Waals surface area contributed by atoms with Gasteiger partial charge in [-0.2, -0.15) is 0 Å². The molecule has 4 atom stereocenters. The highest BCUT2D eigenvalue weighted by molar-refractivity contribution is 5.97. The molecule has 2 fully saturated rings. The maximum atomic E-state index is 11.7. The summed E-state index contributed by atoms with van der Waals surface area (Å²) in [5, 5.41) is 20.6. The fraction of sp³-hybridized carbons (Fsp3) is 0.800. The average molecular weight is 245 g/mol. The molecule has 0 aliphatic carbocycles. The Kier molecular flexibility index (Phi) is 2.96. The van der Waals surface area contributed by atoms with Crippen molar-refractivity contribution in [3.05, 3.63) is 0 Å². The van der Waals surface area contributed by atoms with Crippen LogP contribution < -0.4 is 5.32 Å². The number of hydrogen-bond donors (Lipinski definition) is 3. The lowest BCUT2D eigenvalue weighted by Crippen LogP contribution is -2.57. The van der Waals surface area contributed by atoms with E-state index in [4.69, 9.17) is 11.2 Å². The molecule has 2 rings (SSSR count). The molecule has 0 bridgehead atoms. The Labute approximate surface area is 99.8 Å². The zero-order valence-electron chi connectivity index (χ0n) is 10.4. The van der Waals surface area contributed by atoms with Crippen LogP contribution in [-0.2, 0) is 9.53 Å². The van der Waals surface area contributed by atoms with Gasteiger partial charge in [0.1, 0.15) is 12.3 Å². The first kappa shape index (κ1) is 10.9. The topological polar surface area (TPSA) is 99.1 Å². The number of nitrogens with zero attached hydrogens (tertiary/aromatic N) is 1. The first-order chi connectivity index (χ1) is 8.35. The maximum absolute atomic E-state index is 11.7. The van der Waals surface area contributed by atoms with E-state index in [0.29, 0.717) is 0 Å². The molecule has 2 aliphatic heterocycles. The molecule has 0 aromatic carbocycles. The van der Waals surface area contributed by atoms with E-state index in [-0.39, 0.29) is 19.6 Å². The Morgan fingerprint density at radius 1 is 1.65 bits per heavy atom. The highest BCUT2D eigenvalue weighted by Crippen LogP contribution is 2.25. The summed E-state index contributed by atoms with van der Waals surface area (Å²) in [5.41, 5.74) is 0. The van der Waals surface area contributed by atoms with Crippen LogP contribution in [0.25, 0.3) is 0 Å². The van der Waals surface area contributed by atoms with Gasteiger partial charge in [-0.15, -0.1) is 0 Å². The standard InChI is InChI=1S/C10H16N2O5/c1-5-3-12(10(16)11-9(5)15)8-2-6(14)7(4-13)17-8/h5-8,13-14H,2-4H2,1H3,(H,11,15,16)/t5?,6-,7+,8+/m0/s1/i5D. The third kappa shape index (κ3) is 2.26. The van der Waals surface area contributed by atoms with Crippen LogP contribution in [0.3, 0.4) is 0 Å². The van der Waals surface area contributed by atoms with E-state index < -0.39 is 36.3 Å². The van der Waals surface area contributed by atoms with Crippen molar-refractivity contribution in [1.82, 2.24) is 10.2 Å². The minimum absolute atomic E-state index is 0.104. The van der Waals surface area contributed by atoms with E-state index in [9.17, 15) is 14.7 Å². The fourth-order valence-electron chi connectivity index (χ4n) is 1.98. The van der Waals surface area contributed by atoms with Gasteiger partial charge in [-0.3, -0.25) is 15.0 Å². The van der Waals surface area contributed by atoms with Gasteiger partial charge in [-0.1, -0.05) is 6.92 Å². The Morgan fingerprint density at radius 2 is 2.35 bits per heavy atom. The van der Waals surface area contributed by atoms with Crippen LogP contribution in [0.15, 0.2) is 0 Å². The van der Waals surface area contributed by atoms with Gasteiger partial charge in [0.25, 0.3) is 0 Å². The molecule has 7 nitrogen and oxygen atoms in total. The van der Waals surface area contributed by atoms with E-state index in [1.54, 1.807) is 0 Å². The van der Waals surface area contributed by atoms with Gasteiger partial charge in [-0.05, 0) is 0 Å². The lowest BCUT2D eigenvalue weighted by atomic mass is 10.1. The quantitative estimate of drug-likeness (QED) is 0.558. The number of carbonyl (C=O) groups is 2. The molecule has 0 spiro atoms. The Bertz CT molecular complexity index is 375. The van der Waals surface area contributed by atoms with Gasteiger partial charge in [0.2, 0.25) is 5.91 Å². The van der Waals surface area contributed by atoms with Crippen LogP contribution in [0.1, 0.15) is 14.7 Å². The second kappa shape index (κ2) is 4.59. The van der Waals surface area contributed by atoms with E-state index >= 15 is 0 Å². The summed E-state index contributed by atoms with van der Waals surface area (Å²) in [6, 6.07) is -0.638. The Morgan fingerprint density at radius 3 is 2.94 bits per heavy atom. The summed E-state index contributed by atoms with van der Waals surface area (Å²) < 4.78 is 13.1. The minimum atomic E-state index is -1.44. The summed E-state index contributed by atoms with van der Waals surface area (Å²) in [5.74, 6) is -2.10. The monoisotopic (exact) mass is 245 g/mol. The average Bonchev–Trinajstić information content (AvgIpc) is 2.65. The molecule has 3 N–H and O–H groups in total. The van der Waals surface area contributed by atoms with Crippen molar-refractivity contribution < 1.29 is 25.9 Å². The molecule has 1 unspecified atom stereocenters. The first-order valence-electron chi connectivity index (χ1n) is 5.91. The second-order valence-corrected chi connectivity index (χ2v) is 4.28. The summed E-state index contributed by atoms with van der Waals surface area (Å²) in [6.45, 7) is 0.952. The zero-order valence-corrected chi connectivity index (χ0v) is 9.42. The highest BCUT2D eigenvalue weighted by atomic mass is 16.5. The molecule has 2 heterocycles. The van der Waals surface area contributed by atoms with Crippen molar-refractivity contribution >= 4 is 11.9 Å². The normalized spacial score (nSPS) is 43.6. The van der Waals surface area contributed by atoms with Crippen molar-refractivity contribution in [2.45, 2.75) is 31.8 Å². The first-order valence-corrected chi connectivity index (χ1v) is 5.41. The summed E-state index contributed by atoms with van der Waals surface area (Å²) in [7, 11) is 0. The van der Waals surface area contributed by atoms with Crippen LogP contribution >= 0.6 is 0 Å². The minimum Gasteiger partial charge on any atom is -0.394 e. The number of nitrogens with one attached hydrogen (secondary N) is 1. The van der Waals surface area contributed by atoms with E-state index in [0.717, 1.165) is 0 Å². The van der Waals surface area contributed by atoms with Gasteiger partial charge in [-0.25, -0.2) is 4.79 Å². The lowest BCUT2D eigenvalue weighted by Gasteiger charge is -2.34. The molecular weight excluding hydrogens is 228 g/mol. The van der Waals surface area contributed by atoms with Crippen LogP contribution in [0.4, 0.5) is 4.79 Å². The number of urea groups is 1. The molecule has 2 aliphatic rings. The molecule has 0 aromatic heterocycles. The van der Waals surface area contributed by atoms with Crippen LogP contribution in [0.5, 0.6) is 0 Å². The SMILES string of the molecule is [2H]C1(C)CN([C@H]2C[C@H](O)[C@@H](CO)O2)C(=O)NC1=O. The number of hydrogen-bond acceptors (Lipinski definition) is 5. The van der Waals surface area contributed by atoms with Crippen LogP contribution in [0.2, 0.25) is 0 Å². The van der Waals surface area contributed by atoms with Gasteiger partial charge in [0.15, 0.2) is 0 Å². The fourth-order valence-corrected chi connectivity index (χ4v) is 1.98. The largest absolute Gasteiger partial charge is 0.394 e. The van der Waals surface area contributed by atoms with Crippen molar-refractivity contribution in [3.63, 3.8) is 0 Å². The van der Waals surface area contributed by atoms with Crippen molar-refractivity contribution in [1.29, 1.82) is 0 Å². The third-order valence-electron chi connectivity index (χ3n) is 3.01. The third-order valence-corrected chi connectivity index (χ3v) is 3.01. The summed E-state index contributed by atoms with van der Waals surface area (Å²) >= 11 is 0. The Hall–Kier alpha value is -1.18. The predicted molar refractivity (Wildman–Crippen MR) is 55.8 cm³/mol. The highest BCUT2D eigenvalue weighted by Gasteiger charge is 2.41. The second-order valence-electron chi connectivity index (χ2n) is 4.28. The molecule has 2 saturated heterocycles. The van der Waals surface area contributed by atoms with Gasteiger partial charge in [0, 0.05) is 14.3 Å². The number of ether oxygens (including phenoxy) is 1. The molecular formula is C10H16N2O5. The van der Waals surface area contributed by atoms with Crippen LogP contribution in [-0.4, -0.2) is 58.6 Å². The van der Waals surface area contributed by atoms with E-state index in [2.05, 4.69) is 5.32 Å². The molecule has 3 amide bonds. The number of aliphatic hydroxyl groups is 2. The number of aliphatic hydroxyl groups excluding tert-OH is 2. The number of imide groups is 1. The molecule has 0 aromatic rings. The maximum Gasteiger partial charge on any atom is 0.326 e. The Balaban J connectivity index is 2.10. The number of carbonyl (C=O) groups excluding carboxylic acids is 2. The lowest BCUT2D eigenvalue weighted by molar-refractivity contribution is -0.128. The molecule has 96 valence electrons. The van der Waals surface area contributed by atoms with Crippen molar-refractivity contribution in [2.75, 3.05) is 13.2 Å². The van der Waals surface area contributed by atoms with Gasteiger partial charge >= 0.3 is 6.03 Å².